The Morgan fingerprint density at radius 2 is 1.90 bits per heavy atom. The van der Waals surface area contributed by atoms with Crippen LogP contribution in [0.15, 0.2) is 29.4 Å². The molecule has 0 heterocycles. The molecule has 1 aromatic rings. The fourth-order valence-electron chi connectivity index (χ4n) is 0.614. The van der Waals surface area contributed by atoms with Crippen LogP contribution < -0.4 is 3.07 Å². The summed E-state index contributed by atoms with van der Waals surface area (Å²) in [6.07, 6.45) is 0. The van der Waals surface area contributed by atoms with Gasteiger partial charge in [-0.05, 0) is 0 Å². The molecule has 0 unspecified atom stereocenters. The Morgan fingerprint density at radius 1 is 1.30 bits per heavy atom. The zero-order valence-electron chi connectivity index (χ0n) is 5.36. The predicted octanol–water partition coefficient (Wildman–Crippen LogP) is 1.80. The molecule has 0 radical (unpaired) electrons. The third kappa shape index (κ3) is 2.01. The van der Waals surface area contributed by atoms with Crippen LogP contribution in [0.5, 0.6) is 0 Å². The van der Waals surface area contributed by atoms with Crippen molar-refractivity contribution in [3.8, 4) is 0 Å². The number of nitrogens with zero attached hydrogens (tertiary/aromatic N) is 3. The summed E-state index contributed by atoms with van der Waals surface area (Å²) < 4.78 is 1.36. The van der Waals surface area contributed by atoms with Gasteiger partial charge in [0.25, 0.3) is 0 Å². The summed E-state index contributed by atoms with van der Waals surface area (Å²) in [6.45, 7) is 0. The van der Waals surface area contributed by atoms with E-state index in [-0.39, 0.29) is 0 Å². The normalized spacial score (nSPS) is 8.60. The molecule has 0 bridgehead atoms. The summed E-state index contributed by atoms with van der Waals surface area (Å²) in [5, 5.41) is 3.45. The molecule has 0 atom stereocenters. The SMILES string of the molecule is [N-]=[N+]=Nc1cc[c]([Hg])cc1. The molecule has 0 aliphatic carbocycles. The summed E-state index contributed by atoms with van der Waals surface area (Å²) in [5.74, 6) is 0. The summed E-state index contributed by atoms with van der Waals surface area (Å²) in [6, 6.07) is 7.66. The van der Waals surface area contributed by atoms with Gasteiger partial charge >= 0.3 is 74.7 Å². The third-order valence-corrected chi connectivity index (χ3v) is 2.93. The molecule has 10 heavy (non-hydrogen) atoms. The molecule has 0 aromatic heterocycles. The molecular formula is C6H4HgN3. The first kappa shape index (κ1) is 7.57. The van der Waals surface area contributed by atoms with Crippen molar-refractivity contribution in [2.45, 2.75) is 0 Å². The van der Waals surface area contributed by atoms with E-state index < -0.39 is 0 Å². The Bertz CT molecular complexity index is 261. The maximum absolute atomic E-state index is 8.06. The second kappa shape index (κ2) is 3.59. The molecule has 0 N–H and O–H groups in total. The van der Waals surface area contributed by atoms with E-state index >= 15 is 0 Å². The van der Waals surface area contributed by atoms with E-state index in [4.69, 9.17) is 5.53 Å². The van der Waals surface area contributed by atoms with Crippen LogP contribution in [-0.2, 0) is 26.1 Å². The molecule has 0 amide bonds. The summed E-state index contributed by atoms with van der Waals surface area (Å²) >= 11 is 0.663. The van der Waals surface area contributed by atoms with Crippen LogP contribution in [0.4, 0.5) is 5.69 Å². The number of hydrogen-bond acceptors (Lipinski definition) is 1. The van der Waals surface area contributed by atoms with Gasteiger partial charge in [-0.15, -0.1) is 0 Å². The van der Waals surface area contributed by atoms with E-state index in [9.17, 15) is 0 Å². The molecule has 3 nitrogen and oxygen atoms in total. The summed E-state index contributed by atoms with van der Waals surface area (Å²) in [7, 11) is 0. The van der Waals surface area contributed by atoms with Gasteiger partial charge < -0.3 is 0 Å². The molecule has 1 aromatic carbocycles. The monoisotopic (exact) mass is 320 g/mol. The number of hydrogen-bond donors (Lipinski definition) is 0. The second-order valence-corrected chi connectivity index (χ2v) is 5.03. The molecule has 0 aliphatic rings. The van der Waals surface area contributed by atoms with E-state index in [1.165, 1.54) is 3.07 Å². The molecule has 45 valence electrons. The molecule has 0 saturated heterocycles. The summed E-state index contributed by atoms with van der Waals surface area (Å²) in [4.78, 5) is 2.68. The first-order chi connectivity index (χ1) is 4.83. The van der Waals surface area contributed by atoms with Crippen LogP contribution in [-0.4, -0.2) is 0 Å². The van der Waals surface area contributed by atoms with Crippen molar-refractivity contribution in [3.63, 3.8) is 0 Å². The van der Waals surface area contributed by atoms with Crippen molar-refractivity contribution in [1.82, 2.24) is 0 Å². The predicted molar refractivity (Wildman–Crippen MR) is 34.9 cm³/mol. The van der Waals surface area contributed by atoms with Crippen molar-refractivity contribution < 1.29 is 26.1 Å². The molecule has 0 aliphatic heterocycles. The van der Waals surface area contributed by atoms with Gasteiger partial charge in [-0.1, -0.05) is 0 Å². The minimum atomic E-state index is 0.663. The molecule has 1 rings (SSSR count). The number of rotatable bonds is 1. The quantitative estimate of drug-likeness (QED) is 0.328. The topological polar surface area (TPSA) is 48.8 Å². The fourth-order valence-corrected chi connectivity index (χ4v) is 1.53. The van der Waals surface area contributed by atoms with E-state index in [1.54, 1.807) is 0 Å². The Morgan fingerprint density at radius 3 is 2.40 bits per heavy atom. The van der Waals surface area contributed by atoms with Crippen molar-refractivity contribution in [2.24, 2.45) is 5.11 Å². The van der Waals surface area contributed by atoms with Gasteiger partial charge in [-0.2, -0.15) is 0 Å². The first-order valence-electron chi connectivity index (χ1n) is 2.80. The van der Waals surface area contributed by atoms with Crippen LogP contribution in [0.25, 0.3) is 10.4 Å². The molecule has 0 fully saturated rings. The maximum atomic E-state index is 8.06. The van der Waals surface area contributed by atoms with Gasteiger partial charge in [0.2, 0.25) is 0 Å². The molecular weight excluding hydrogens is 315 g/mol. The van der Waals surface area contributed by atoms with Gasteiger partial charge in [0.05, 0.1) is 0 Å². The standard InChI is InChI=1S/C6H4N3.Hg/c7-9-8-6-4-2-1-3-5-6;/h2-5H;. The Balaban J connectivity index is 3.00. The minimum absolute atomic E-state index is 0.663. The van der Waals surface area contributed by atoms with E-state index in [2.05, 4.69) is 10.0 Å². The average molecular weight is 319 g/mol. The second-order valence-electron chi connectivity index (χ2n) is 1.86. The van der Waals surface area contributed by atoms with Crippen molar-refractivity contribution in [1.29, 1.82) is 0 Å². The van der Waals surface area contributed by atoms with Crippen LogP contribution in [0.3, 0.4) is 0 Å². The van der Waals surface area contributed by atoms with E-state index in [1.807, 2.05) is 24.3 Å². The van der Waals surface area contributed by atoms with E-state index in [0.29, 0.717) is 31.8 Å². The van der Waals surface area contributed by atoms with Crippen molar-refractivity contribution in [3.05, 3.63) is 34.7 Å². The van der Waals surface area contributed by atoms with Crippen molar-refractivity contribution >= 4 is 8.76 Å². The van der Waals surface area contributed by atoms with Crippen LogP contribution in [0.1, 0.15) is 0 Å². The molecule has 0 saturated carbocycles. The van der Waals surface area contributed by atoms with Gasteiger partial charge in [0.1, 0.15) is 0 Å². The van der Waals surface area contributed by atoms with Crippen LogP contribution in [0, 0.1) is 0 Å². The third-order valence-electron chi connectivity index (χ3n) is 1.10. The Hall–Kier alpha value is -0.535. The number of azide groups is 1. The van der Waals surface area contributed by atoms with Crippen LogP contribution in [0.2, 0.25) is 0 Å². The van der Waals surface area contributed by atoms with Crippen molar-refractivity contribution in [2.75, 3.05) is 0 Å². The Labute approximate surface area is 74.7 Å². The van der Waals surface area contributed by atoms with E-state index in [0.717, 1.165) is 0 Å². The first-order valence-corrected chi connectivity index (χ1v) is 5.55. The van der Waals surface area contributed by atoms with Gasteiger partial charge in [0, 0.05) is 0 Å². The Kier molecular flexibility index (Phi) is 2.72. The zero-order chi connectivity index (χ0) is 7.40. The average Bonchev–Trinajstić information content (AvgIpc) is 1.95. The van der Waals surface area contributed by atoms with Gasteiger partial charge in [0.15, 0.2) is 0 Å². The number of benzene rings is 1. The fraction of sp³-hybridized carbons (Fsp3) is 0. The van der Waals surface area contributed by atoms with Gasteiger partial charge in [-0.25, -0.2) is 0 Å². The van der Waals surface area contributed by atoms with Crippen LogP contribution >= 0.6 is 0 Å². The molecule has 4 heteroatoms. The van der Waals surface area contributed by atoms with Gasteiger partial charge in [-0.3, -0.25) is 0 Å². The summed E-state index contributed by atoms with van der Waals surface area (Å²) in [5.41, 5.74) is 8.75. The molecule has 0 spiro atoms. The zero-order valence-corrected chi connectivity index (χ0v) is 10.9.